The molecule has 0 bridgehead atoms. The normalized spacial score (nSPS) is 17.2. The van der Waals surface area contributed by atoms with Gasteiger partial charge in [0.05, 0.1) is 23.4 Å². The summed E-state index contributed by atoms with van der Waals surface area (Å²) in [6.45, 7) is 1.11. The van der Waals surface area contributed by atoms with Gasteiger partial charge in [0, 0.05) is 25.1 Å². The Bertz CT molecular complexity index is 919. The molecule has 2 aromatic carbocycles. The third kappa shape index (κ3) is 3.24. The van der Waals surface area contributed by atoms with Crippen LogP contribution < -0.4 is 5.32 Å². The number of rotatable bonds is 4. The van der Waals surface area contributed by atoms with Gasteiger partial charge in [0.25, 0.3) is 5.91 Å². The monoisotopic (exact) mass is 334 g/mol. The van der Waals surface area contributed by atoms with E-state index >= 15 is 0 Å². The molecule has 6 nitrogen and oxygen atoms in total. The number of imidazole rings is 1. The van der Waals surface area contributed by atoms with Crippen molar-refractivity contribution in [3.63, 3.8) is 0 Å². The number of carbonyl (C=O) groups excluding carboxylic acids is 2. The molecular formula is C19H18N4O2. The number of hydrogen-bond donors (Lipinski definition) is 2. The molecule has 25 heavy (non-hydrogen) atoms. The molecular weight excluding hydrogens is 316 g/mol. The maximum Gasteiger partial charge on any atom is 0.251 e. The summed E-state index contributed by atoms with van der Waals surface area (Å²) in [5.74, 6) is -0.103. The minimum Gasteiger partial charge on any atom is -0.347 e. The molecule has 4 rings (SSSR count). The number of amides is 2. The second-order valence-corrected chi connectivity index (χ2v) is 6.27. The molecule has 1 aromatic heterocycles. The average Bonchev–Trinajstić information content (AvgIpc) is 3.22. The molecule has 3 aromatic rings. The van der Waals surface area contributed by atoms with Crippen LogP contribution in [0.2, 0.25) is 0 Å². The largest absolute Gasteiger partial charge is 0.347 e. The summed E-state index contributed by atoms with van der Waals surface area (Å²) in [5.41, 5.74) is 3.29. The molecule has 1 saturated heterocycles. The van der Waals surface area contributed by atoms with Crippen LogP contribution in [0.5, 0.6) is 0 Å². The fourth-order valence-corrected chi connectivity index (χ4v) is 3.17. The number of nitrogens with zero attached hydrogens (tertiary/aromatic N) is 2. The fraction of sp³-hybridized carbons (Fsp3) is 0.211. The first-order valence-electron chi connectivity index (χ1n) is 8.25. The molecule has 1 fully saturated rings. The summed E-state index contributed by atoms with van der Waals surface area (Å²) < 4.78 is 0. The van der Waals surface area contributed by atoms with Gasteiger partial charge in [-0.3, -0.25) is 9.59 Å². The maximum absolute atomic E-state index is 12.5. The number of fused-ring (bicyclic) bond motifs is 1. The highest BCUT2D eigenvalue weighted by atomic mass is 16.2. The van der Waals surface area contributed by atoms with Gasteiger partial charge in [-0.15, -0.1) is 0 Å². The third-order valence-corrected chi connectivity index (χ3v) is 4.45. The molecule has 1 aliphatic heterocycles. The van der Waals surface area contributed by atoms with Crippen LogP contribution in [0.1, 0.15) is 22.3 Å². The molecule has 2 N–H and O–H groups in total. The number of H-pyrrole nitrogens is 1. The molecule has 2 heterocycles. The lowest BCUT2D eigenvalue weighted by atomic mass is 10.1. The van der Waals surface area contributed by atoms with Crippen LogP contribution in [0.3, 0.4) is 0 Å². The number of aromatic amines is 1. The van der Waals surface area contributed by atoms with Crippen LogP contribution in [0, 0.1) is 0 Å². The Labute approximate surface area is 144 Å². The Balaban J connectivity index is 1.41. The summed E-state index contributed by atoms with van der Waals surface area (Å²) >= 11 is 0. The number of likely N-dealkylation sites (tertiary alicyclic amines) is 1. The second-order valence-electron chi connectivity index (χ2n) is 6.27. The van der Waals surface area contributed by atoms with E-state index in [9.17, 15) is 9.59 Å². The van der Waals surface area contributed by atoms with Gasteiger partial charge in [-0.2, -0.15) is 0 Å². The SMILES string of the molecule is O=C(NC1CC(=O)N(Cc2ccccc2)C1)c1ccc2nc[nH]c2c1. The Hall–Kier alpha value is -3.15. The van der Waals surface area contributed by atoms with Gasteiger partial charge in [-0.1, -0.05) is 30.3 Å². The summed E-state index contributed by atoms with van der Waals surface area (Å²) in [7, 11) is 0. The lowest BCUT2D eigenvalue weighted by Gasteiger charge is -2.17. The van der Waals surface area contributed by atoms with Crippen molar-refractivity contribution in [2.75, 3.05) is 6.54 Å². The molecule has 0 aliphatic carbocycles. The van der Waals surface area contributed by atoms with E-state index in [1.807, 2.05) is 36.4 Å². The van der Waals surface area contributed by atoms with E-state index in [0.717, 1.165) is 16.6 Å². The van der Waals surface area contributed by atoms with Crippen molar-refractivity contribution in [1.29, 1.82) is 0 Å². The van der Waals surface area contributed by atoms with Gasteiger partial charge < -0.3 is 15.2 Å². The molecule has 1 unspecified atom stereocenters. The average molecular weight is 334 g/mol. The highest BCUT2D eigenvalue weighted by Gasteiger charge is 2.30. The molecule has 6 heteroatoms. The van der Waals surface area contributed by atoms with Crippen LogP contribution in [0.15, 0.2) is 54.9 Å². The topological polar surface area (TPSA) is 78.1 Å². The number of benzene rings is 2. The predicted octanol–water partition coefficient (Wildman–Crippen LogP) is 2.09. The van der Waals surface area contributed by atoms with Gasteiger partial charge in [0.1, 0.15) is 0 Å². The summed E-state index contributed by atoms with van der Waals surface area (Å²) in [4.78, 5) is 33.6. The molecule has 0 spiro atoms. The van der Waals surface area contributed by atoms with E-state index in [2.05, 4.69) is 15.3 Å². The summed E-state index contributed by atoms with van der Waals surface area (Å²) in [5, 5.41) is 2.96. The lowest BCUT2D eigenvalue weighted by Crippen LogP contribution is -2.37. The van der Waals surface area contributed by atoms with E-state index in [1.54, 1.807) is 23.4 Å². The smallest absolute Gasteiger partial charge is 0.251 e. The number of aromatic nitrogens is 2. The van der Waals surface area contributed by atoms with E-state index in [0.29, 0.717) is 25.1 Å². The van der Waals surface area contributed by atoms with Crippen LogP contribution in [-0.2, 0) is 11.3 Å². The highest BCUT2D eigenvalue weighted by molar-refractivity contribution is 5.98. The van der Waals surface area contributed by atoms with E-state index < -0.39 is 0 Å². The zero-order chi connectivity index (χ0) is 17.2. The number of hydrogen-bond acceptors (Lipinski definition) is 3. The minimum atomic E-state index is -0.170. The molecule has 1 aliphatic rings. The zero-order valence-electron chi connectivity index (χ0n) is 13.6. The van der Waals surface area contributed by atoms with Crippen molar-refractivity contribution >= 4 is 22.8 Å². The molecule has 0 radical (unpaired) electrons. The highest BCUT2D eigenvalue weighted by Crippen LogP contribution is 2.16. The number of carbonyl (C=O) groups is 2. The van der Waals surface area contributed by atoms with Crippen LogP contribution in [0.4, 0.5) is 0 Å². The Morgan fingerprint density at radius 1 is 1.24 bits per heavy atom. The van der Waals surface area contributed by atoms with Gasteiger partial charge in [0.2, 0.25) is 5.91 Å². The number of nitrogens with one attached hydrogen (secondary N) is 2. The lowest BCUT2D eigenvalue weighted by molar-refractivity contribution is -0.128. The first kappa shape index (κ1) is 15.4. The predicted molar refractivity (Wildman–Crippen MR) is 93.8 cm³/mol. The van der Waals surface area contributed by atoms with Crippen LogP contribution in [-0.4, -0.2) is 39.3 Å². The van der Waals surface area contributed by atoms with Crippen molar-refractivity contribution in [3.05, 3.63) is 66.0 Å². The van der Waals surface area contributed by atoms with Crippen LogP contribution in [0.25, 0.3) is 11.0 Å². The van der Waals surface area contributed by atoms with E-state index in [1.165, 1.54) is 0 Å². The Morgan fingerprint density at radius 3 is 2.92 bits per heavy atom. The van der Waals surface area contributed by atoms with Gasteiger partial charge in [0.15, 0.2) is 0 Å². The summed E-state index contributed by atoms with van der Waals surface area (Å²) in [6, 6.07) is 15.0. The van der Waals surface area contributed by atoms with Gasteiger partial charge in [-0.05, 0) is 23.8 Å². The van der Waals surface area contributed by atoms with Crippen molar-refractivity contribution in [2.45, 2.75) is 19.0 Å². The van der Waals surface area contributed by atoms with Crippen LogP contribution >= 0.6 is 0 Å². The zero-order valence-corrected chi connectivity index (χ0v) is 13.6. The molecule has 0 saturated carbocycles. The third-order valence-electron chi connectivity index (χ3n) is 4.45. The van der Waals surface area contributed by atoms with E-state index in [4.69, 9.17) is 0 Å². The fourth-order valence-electron chi connectivity index (χ4n) is 3.17. The second kappa shape index (κ2) is 6.39. The Morgan fingerprint density at radius 2 is 2.08 bits per heavy atom. The van der Waals surface area contributed by atoms with Crippen molar-refractivity contribution < 1.29 is 9.59 Å². The first-order chi connectivity index (χ1) is 12.2. The minimum absolute atomic E-state index is 0.0678. The standard InChI is InChI=1S/C19H18N4O2/c24-18-9-15(11-23(18)10-13-4-2-1-3-5-13)22-19(25)14-6-7-16-17(8-14)21-12-20-16/h1-8,12,15H,9-11H2,(H,20,21)(H,22,25). The molecule has 1 atom stereocenters. The molecule has 2 amide bonds. The van der Waals surface area contributed by atoms with Crippen molar-refractivity contribution in [3.8, 4) is 0 Å². The van der Waals surface area contributed by atoms with Gasteiger partial charge >= 0.3 is 0 Å². The summed E-state index contributed by atoms with van der Waals surface area (Å²) in [6.07, 6.45) is 1.94. The maximum atomic E-state index is 12.5. The Kier molecular flexibility index (Phi) is 3.93. The quantitative estimate of drug-likeness (QED) is 0.767. The molecule has 126 valence electrons. The van der Waals surface area contributed by atoms with Gasteiger partial charge in [-0.25, -0.2) is 4.98 Å². The van der Waals surface area contributed by atoms with E-state index in [-0.39, 0.29) is 17.9 Å². The first-order valence-corrected chi connectivity index (χ1v) is 8.25. The van der Waals surface area contributed by atoms with Crippen molar-refractivity contribution in [2.24, 2.45) is 0 Å². The van der Waals surface area contributed by atoms with Crippen molar-refractivity contribution in [1.82, 2.24) is 20.2 Å².